The van der Waals surface area contributed by atoms with E-state index in [1.807, 2.05) is 12.3 Å². The van der Waals surface area contributed by atoms with Crippen molar-refractivity contribution in [1.82, 2.24) is 15.0 Å². The Labute approximate surface area is 285 Å². The van der Waals surface area contributed by atoms with Crippen LogP contribution in [0.25, 0.3) is 89.0 Å². The van der Waals surface area contributed by atoms with E-state index in [4.69, 9.17) is 9.97 Å². The Bertz CT molecular complexity index is 2570. The zero-order valence-electron chi connectivity index (χ0n) is 26.7. The third kappa shape index (κ3) is 5.48. The molecule has 230 valence electrons. The number of benzene rings is 7. The fourth-order valence-electron chi connectivity index (χ4n) is 6.80. The van der Waals surface area contributed by atoms with E-state index in [9.17, 15) is 0 Å². The maximum absolute atomic E-state index is 5.23. The third-order valence-electron chi connectivity index (χ3n) is 9.32. The number of aromatic amines is 1. The molecule has 0 aliphatic heterocycles. The zero-order valence-corrected chi connectivity index (χ0v) is 26.7. The van der Waals surface area contributed by atoms with Crippen molar-refractivity contribution in [2.45, 2.75) is 0 Å². The van der Waals surface area contributed by atoms with E-state index in [1.165, 1.54) is 38.2 Å². The van der Waals surface area contributed by atoms with Gasteiger partial charge in [0.05, 0.1) is 11.4 Å². The van der Waals surface area contributed by atoms with Crippen molar-refractivity contribution in [3.63, 3.8) is 0 Å². The fourth-order valence-corrected chi connectivity index (χ4v) is 6.80. The molecule has 1 N–H and O–H groups in total. The Hall–Kier alpha value is -6.58. The summed E-state index contributed by atoms with van der Waals surface area (Å²) in [5.41, 5.74) is 11.9. The summed E-state index contributed by atoms with van der Waals surface area (Å²) in [7, 11) is 0. The molecule has 0 saturated carbocycles. The van der Waals surface area contributed by atoms with Crippen molar-refractivity contribution in [3.05, 3.63) is 182 Å². The molecule has 0 unspecified atom stereocenters. The summed E-state index contributed by atoms with van der Waals surface area (Å²) in [5, 5.41) is 4.81. The van der Waals surface area contributed by atoms with Crippen LogP contribution >= 0.6 is 0 Å². The van der Waals surface area contributed by atoms with Crippen molar-refractivity contribution in [1.29, 1.82) is 0 Å². The highest BCUT2D eigenvalue weighted by molar-refractivity contribution is 5.98. The van der Waals surface area contributed by atoms with Gasteiger partial charge in [-0.1, -0.05) is 152 Å². The molecule has 2 aromatic heterocycles. The third-order valence-corrected chi connectivity index (χ3v) is 9.32. The van der Waals surface area contributed by atoms with Crippen LogP contribution in [0.5, 0.6) is 0 Å². The molecule has 7 aromatic carbocycles. The molecule has 49 heavy (non-hydrogen) atoms. The number of H-pyrrole nitrogens is 1. The largest absolute Gasteiger partial charge is 0.361 e. The lowest BCUT2D eigenvalue weighted by atomic mass is 9.96. The Morgan fingerprint density at radius 1 is 0.347 bits per heavy atom. The second-order valence-electron chi connectivity index (χ2n) is 12.3. The second-order valence-corrected chi connectivity index (χ2v) is 12.3. The smallest absolute Gasteiger partial charge is 0.160 e. The normalized spacial score (nSPS) is 11.3. The lowest BCUT2D eigenvalue weighted by molar-refractivity contribution is 1.18. The van der Waals surface area contributed by atoms with Gasteiger partial charge in [0.1, 0.15) is 0 Å². The highest BCUT2D eigenvalue weighted by Gasteiger charge is 2.14. The first-order chi connectivity index (χ1) is 24.3. The fraction of sp³-hybridized carbons (Fsp3) is 0. The Balaban J connectivity index is 1.15. The number of rotatable bonds is 6. The molecule has 0 radical (unpaired) electrons. The molecule has 9 rings (SSSR count). The molecule has 3 heteroatoms. The summed E-state index contributed by atoms with van der Waals surface area (Å²) < 4.78 is 0. The first-order valence-electron chi connectivity index (χ1n) is 16.6. The predicted molar refractivity (Wildman–Crippen MR) is 204 cm³/mol. The molecular weight excluding hydrogens is 595 g/mol. The lowest BCUT2D eigenvalue weighted by Crippen LogP contribution is -1.97. The van der Waals surface area contributed by atoms with Gasteiger partial charge in [-0.2, -0.15) is 0 Å². The SMILES string of the molecule is c1cc(-c2nc(-c3ccc(-c4ccc(-c5ccc[nH]5)cc4)cc3)cc(-c3cccc4ccccc34)n2)cc(-c2cccc3ccccc23)c1. The first kappa shape index (κ1) is 28.6. The minimum atomic E-state index is 0.700. The maximum atomic E-state index is 5.23. The Morgan fingerprint density at radius 3 is 1.59 bits per heavy atom. The van der Waals surface area contributed by atoms with Gasteiger partial charge in [0.2, 0.25) is 0 Å². The zero-order chi connectivity index (χ0) is 32.6. The highest BCUT2D eigenvalue weighted by Crippen LogP contribution is 2.35. The molecule has 0 fully saturated rings. The second kappa shape index (κ2) is 12.2. The summed E-state index contributed by atoms with van der Waals surface area (Å²) in [6.07, 6.45) is 1.95. The molecule has 2 heterocycles. The maximum Gasteiger partial charge on any atom is 0.160 e. The highest BCUT2D eigenvalue weighted by atomic mass is 14.9. The minimum Gasteiger partial charge on any atom is -0.361 e. The van der Waals surface area contributed by atoms with E-state index >= 15 is 0 Å². The van der Waals surface area contributed by atoms with Crippen LogP contribution in [0, 0.1) is 0 Å². The number of nitrogens with zero attached hydrogens (tertiary/aromatic N) is 2. The van der Waals surface area contributed by atoms with Crippen LogP contribution in [0.4, 0.5) is 0 Å². The van der Waals surface area contributed by atoms with E-state index in [-0.39, 0.29) is 0 Å². The van der Waals surface area contributed by atoms with Crippen LogP contribution in [0.1, 0.15) is 0 Å². The molecule has 0 amide bonds. The quantitative estimate of drug-likeness (QED) is 0.200. The van der Waals surface area contributed by atoms with Crippen LogP contribution in [0.2, 0.25) is 0 Å². The summed E-state index contributed by atoms with van der Waals surface area (Å²) in [5.74, 6) is 0.700. The number of hydrogen-bond acceptors (Lipinski definition) is 2. The molecule has 0 atom stereocenters. The van der Waals surface area contributed by atoms with Crippen LogP contribution in [-0.2, 0) is 0 Å². The molecule has 0 bridgehead atoms. The Morgan fingerprint density at radius 2 is 0.898 bits per heavy atom. The standard InChI is InChI=1S/C46H31N3/c1-3-15-39-33(9-1)11-6-17-41(39)37-13-5-14-38(29-37)46-48-44(30-45(49-46)42-18-7-12-34-10-2-4-16-40(34)42)36-26-22-32(23-27-36)31-20-24-35(25-21-31)43-19-8-28-47-43/h1-30,47H. The Kier molecular flexibility index (Phi) is 7.14. The molecule has 0 aliphatic rings. The predicted octanol–water partition coefficient (Wildman–Crippen LogP) is 12.1. The van der Waals surface area contributed by atoms with Crippen molar-refractivity contribution in [2.24, 2.45) is 0 Å². The molecule has 9 aromatic rings. The summed E-state index contributed by atoms with van der Waals surface area (Å²) in [6.45, 7) is 0. The van der Waals surface area contributed by atoms with Crippen LogP contribution < -0.4 is 0 Å². The minimum absolute atomic E-state index is 0.700. The topological polar surface area (TPSA) is 41.6 Å². The monoisotopic (exact) mass is 625 g/mol. The van der Waals surface area contributed by atoms with E-state index in [0.717, 1.165) is 44.9 Å². The van der Waals surface area contributed by atoms with Gasteiger partial charge >= 0.3 is 0 Å². The van der Waals surface area contributed by atoms with Gasteiger partial charge < -0.3 is 4.98 Å². The van der Waals surface area contributed by atoms with Crippen LogP contribution in [0.15, 0.2) is 182 Å². The van der Waals surface area contributed by atoms with Gasteiger partial charge in [-0.15, -0.1) is 0 Å². The van der Waals surface area contributed by atoms with Crippen molar-refractivity contribution >= 4 is 21.5 Å². The van der Waals surface area contributed by atoms with Crippen molar-refractivity contribution in [3.8, 4) is 67.4 Å². The lowest BCUT2D eigenvalue weighted by Gasteiger charge is -2.13. The van der Waals surface area contributed by atoms with E-state index < -0.39 is 0 Å². The molecule has 3 nitrogen and oxygen atoms in total. The average Bonchev–Trinajstić information content (AvgIpc) is 3.73. The first-order valence-corrected chi connectivity index (χ1v) is 16.6. The van der Waals surface area contributed by atoms with Gasteiger partial charge in [0.15, 0.2) is 5.82 Å². The number of aromatic nitrogens is 3. The van der Waals surface area contributed by atoms with Crippen molar-refractivity contribution in [2.75, 3.05) is 0 Å². The van der Waals surface area contributed by atoms with E-state index in [0.29, 0.717) is 5.82 Å². The summed E-state index contributed by atoms with van der Waals surface area (Å²) in [4.78, 5) is 13.7. The van der Waals surface area contributed by atoms with Crippen molar-refractivity contribution < 1.29 is 0 Å². The molecule has 0 aliphatic carbocycles. The molecule has 0 spiro atoms. The summed E-state index contributed by atoms with van der Waals surface area (Å²) >= 11 is 0. The summed E-state index contributed by atoms with van der Waals surface area (Å²) in [6, 6.07) is 62.1. The number of fused-ring (bicyclic) bond motifs is 2. The van der Waals surface area contributed by atoms with Gasteiger partial charge in [0, 0.05) is 28.6 Å². The average molecular weight is 626 g/mol. The van der Waals surface area contributed by atoms with Gasteiger partial charge in [-0.25, -0.2) is 9.97 Å². The number of hydrogen-bond donors (Lipinski definition) is 1. The van der Waals surface area contributed by atoms with Crippen LogP contribution in [0.3, 0.4) is 0 Å². The van der Waals surface area contributed by atoms with Gasteiger partial charge in [0.25, 0.3) is 0 Å². The van der Waals surface area contributed by atoms with Crippen LogP contribution in [-0.4, -0.2) is 15.0 Å². The van der Waals surface area contributed by atoms with E-state index in [1.54, 1.807) is 0 Å². The van der Waals surface area contributed by atoms with E-state index in [2.05, 4.69) is 175 Å². The number of nitrogens with one attached hydrogen (secondary N) is 1. The molecular formula is C46H31N3. The van der Waals surface area contributed by atoms with Gasteiger partial charge in [-0.05, 0) is 73.6 Å². The molecule has 0 saturated heterocycles. The van der Waals surface area contributed by atoms with Gasteiger partial charge in [-0.3, -0.25) is 0 Å².